The third-order valence-corrected chi connectivity index (χ3v) is 6.37. The van der Waals surface area contributed by atoms with E-state index in [2.05, 4.69) is 11.6 Å². The number of hydrogen-bond acceptors (Lipinski definition) is 5. The van der Waals surface area contributed by atoms with Crippen molar-refractivity contribution in [2.75, 3.05) is 11.3 Å². The molecule has 2 aromatic carbocycles. The Morgan fingerprint density at radius 3 is 2.76 bits per heavy atom. The van der Waals surface area contributed by atoms with Crippen LogP contribution >= 0.6 is 11.6 Å². The van der Waals surface area contributed by atoms with Crippen LogP contribution in [0.15, 0.2) is 47.4 Å². The minimum atomic E-state index is -3.75. The molecule has 1 aliphatic heterocycles. The Bertz CT molecular complexity index is 978. The quantitative estimate of drug-likeness (QED) is 0.615. The summed E-state index contributed by atoms with van der Waals surface area (Å²) in [6.07, 6.45) is 3.95. The van der Waals surface area contributed by atoms with Crippen molar-refractivity contribution in [1.82, 2.24) is 5.06 Å². The Balaban J connectivity index is 1.69. The summed E-state index contributed by atoms with van der Waals surface area (Å²) in [5.74, 6) is -0.242. The fourth-order valence-electron chi connectivity index (χ4n) is 3.23. The summed E-state index contributed by atoms with van der Waals surface area (Å²) >= 11 is 5.93. The van der Waals surface area contributed by atoms with Gasteiger partial charge in [-0.05, 0) is 54.3 Å². The number of hydrogen-bond donors (Lipinski definition) is 1. The van der Waals surface area contributed by atoms with Crippen molar-refractivity contribution >= 4 is 33.3 Å². The molecule has 6 nitrogen and oxygen atoms in total. The average Bonchev–Trinajstić information content (AvgIpc) is 2.67. The summed E-state index contributed by atoms with van der Waals surface area (Å²) in [6.45, 7) is 3.05. The molecule has 2 aromatic rings. The summed E-state index contributed by atoms with van der Waals surface area (Å²) < 4.78 is 28.0. The van der Waals surface area contributed by atoms with Gasteiger partial charge in [0, 0.05) is 18.0 Å². The zero-order chi connectivity index (χ0) is 20.9. The molecule has 0 aliphatic carbocycles. The van der Waals surface area contributed by atoms with Crippen molar-refractivity contribution in [3.8, 4) is 0 Å². The molecule has 0 aromatic heterocycles. The molecule has 29 heavy (non-hydrogen) atoms. The van der Waals surface area contributed by atoms with E-state index >= 15 is 0 Å². The van der Waals surface area contributed by atoms with E-state index in [1.807, 2.05) is 6.07 Å². The second-order valence-electron chi connectivity index (χ2n) is 7.08. The molecule has 0 fully saturated rings. The van der Waals surface area contributed by atoms with Gasteiger partial charge in [-0.1, -0.05) is 43.5 Å². The van der Waals surface area contributed by atoms with Gasteiger partial charge in [-0.15, -0.1) is 5.06 Å². The molecular formula is C21H25ClN2O4S. The number of carbonyl (C=O) groups excluding carboxylic acids is 1. The van der Waals surface area contributed by atoms with Crippen LogP contribution < -0.4 is 4.72 Å². The lowest BCUT2D eigenvalue weighted by molar-refractivity contribution is -0.195. The summed E-state index contributed by atoms with van der Waals surface area (Å²) in [6, 6.07) is 11.6. The van der Waals surface area contributed by atoms with Gasteiger partial charge < -0.3 is 4.84 Å². The van der Waals surface area contributed by atoms with E-state index in [4.69, 9.17) is 16.4 Å². The Kier molecular flexibility index (Phi) is 7.16. The zero-order valence-corrected chi connectivity index (χ0v) is 17.9. The SMILES string of the molecule is CCCCCC(=O)ON1CCc2ccc(S(=O)(=O)Nc3cccc(Cl)c3)cc2C1. The lowest BCUT2D eigenvalue weighted by atomic mass is 10.0. The van der Waals surface area contributed by atoms with Crippen molar-refractivity contribution < 1.29 is 18.0 Å². The van der Waals surface area contributed by atoms with Crippen LogP contribution in [0.1, 0.15) is 43.7 Å². The number of benzene rings is 2. The first-order valence-electron chi connectivity index (χ1n) is 9.73. The number of hydroxylamine groups is 2. The summed E-state index contributed by atoms with van der Waals surface area (Å²) in [5.41, 5.74) is 2.30. The average molecular weight is 437 g/mol. The second kappa shape index (κ2) is 9.61. The first-order chi connectivity index (χ1) is 13.9. The highest BCUT2D eigenvalue weighted by molar-refractivity contribution is 7.92. The molecule has 0 radical (unpaired) electrons. The lowest BCUT2D eigenvalue weighted by Crippen LogP contribution is -2.33. The van der Waals surface area contributed by atoms with Gasteiger partial charge in [-0.2, -0.15) is 0 Å². The van der Waals surface area contributed by atoms with Crippen molar-refractivity contribution in [2.24, 2.45) is 0 Å². The molecule has 1 heterocycles. The Morgan fingerprint density at radius 2 is 2.00 bits per heavy atom. The topological polar surface area (TPSA) is 75.7 Å². The van der Waals surface area contributed by atoms with E-state index in [1.54, 1.807) is 41.5 Å². The maximum Gasteiger partial charge on any atom is 0.325 e. The molecule has 0 bridgehead atoms. The number of halogens is 1. The van der Waals surface area contributed by atoms with Crippen LogP contribution in [0.25, 0.3) is 0 Å². The van der Waals surface area contributed by atoms with Crippen LogP contribution in [0, 0.1) is 0 Å². The van der Waals surface area contributed by atoms with Gasteiger partial charge in [0.15, 0.2) is 0 Å². The molecule has 1 N–H and O–H groups in total. The Morgan fingerprint density at radius 1 is 1.17 bits per heavy atom. The first kappa shape index (κ1) is 21.6. The smallest absolute Gasteiger partial charge is 0.325 e. The zero-order valence-electron chi connectivity index (χ0n) is 16.4. The molecule has 0 saturated carbocycles. The van der Waals surface area contributed by atoms with Gasteiger partial charge in [0.05, 0.1) is 17.1 Å². The third-order valence-electron chi connectivity index (χ3n) is 4.76. The standard InChI is InChI=1S/C21H25ClN2O4S/c1-2-3-4-8-21(25)28-24-12-11-16-9-10-20(13-17(16)15-24)29(26,27)23-19-7-5-6-18(22)14-19/h5-7,9-10,13-14,23H,2-4,8,11-12,15H2,1H3. The van der Waals surface area contributed by atoms with E-state index < -0.39 is 10.0 Å². The maximum absolute atomic E-state index is 12.8. The fraction of sp³-hybridized carbons (Fsp3) is 0.381. The minimum absolute atomic E-state index is 0.160. The second-order valence-corrected chi connectivity index (χ2v) is 9.20. The highest BCUT2D eigenvalue weighted by atomic mass is 35.5. The Labute approximate surface area is 176 Å². The number of fused-ring (bicyclic) bond motifs is 1. The van der Waals surface area contributed by atoms with Crippen LogP contribution in [0.4, 0.5) is 5.69 Å². The number of carbonyl (C=O) groups is 1. The summed E-state index contributed by atoms with van der Waals surface area (Å²) in [7, 11) is -3.75. The molecule has 3 rings (SSSR count). The van der Waals surface area contributed by atoms with Crippen molar-refractivity contribution in [3.05, 3.63) is 58.6 Å². The van der Waals surface area contributed by atoms with Gasteiger partial charge in [-0.3, -0.25) is 9.52 Å². The van der Waals surface area contributed by atoms with Crippen molar-refractivity contribution in [2.45, 2.75) is 50.5 Å². The number of anilines is 1. The van der Waals surface area contributed by atoms with Crippen molar-refractivity contribution in [3.63, 3.8) is 0 Å². The molecule has 0 spiro atoms. The molecule has 8 heteroatoms. The van der Waals surface area contributed by atoms with Gasteiger partial charge in [0.2, 0.25) is 0 Å². The lowest BCUT2D eigenvalue weighted by Gasteiger charge is -2.27. The predicted molar refractivity (Wildman–Crippen MR) is 113 cm³/mol. The normalized spacial score (nSPS) is 14.3. The monoisotopic (exact) mass is 436 g/mol. The highest BCUT2D eigenvalue weighted by Crippen LogP contribution is 2.25. The molecular weight excluding hydrogens is 412 g/mol. The maximum atomic E-state index is 12.8. The number of rotatable bonds is 8. The van der Waals surface area contributed by atoms with E-state index in [0.29, 0.717) is 36.6 Å². The molecule has 0 atom stereocenters. The van der Waals surface area contributed by atoms with Crippen LogP contribution in [0.5, 0.6) is 0 Å². The van der Waals surface area contributed by atoms with Crippen LogP contribution in [-0.2, 0) is 32.6 Å². The fourth-order valence-corrected chi connectivity index (χ4v) is 4.52. The van der Waals surface area contributed by atoms with Gasteiger partial charge >= 0.3 is 5.97 Å². The van der Waals surface area contributed by atoms with Crippen LogP contribution in [-0.4, -0.2) is 26.0 Å². The van der Waals surface area contributed by atoms with Gasteiger partial charge in [-0.25, -0.2) is 8.42 Å². The molecule has 1 aliphatic rings. The largest absolute Gasteiger partial charge is 0.368 e. The van der Waals surface area contributed by atoms with Crippen LogP contribution in [0.2, 0.25) is 5.02 Å². The molecule has 0 saturated heterocycles. The van der Waals surface area contributed by atoms with E-state index in [-0.39, 0.29) is 10.9 Å². The van der Waals surface area contributed by atoms with E-state index in [9.17, 15) is 13.2 Å². The highest BCUT2D eigenvalue weighted by Gasteiger charge is 2.23. The first-order valence-corrected chi connectivity index (χ1v) is 11.6. The number of unbranched alkanes of at least 4 members (excludes halogenated alkanes) is 2. The molecule has 0 unspecified atom stereocenters. The summed E-state index contributed by atoms with van der Waals surface area (Å²) in [5, 5.41) is 2.06. The molecule has 0 amide bonds. The predicted octanol–water partition coefficient (Wildman–Crippen LogP) is 4.54. The number of sulfonamides is 1. The van der Waals surface area contributed by atoms with E-state index in [1.165, 1.54) is 0 Å². The minimum Gasteiger partial charge on any atom is -0.368 e. The van der Waals surface area contributed by atoms with E-state index in [0.717, 1.165) is 30.4 Å². The van der Waals surface area contributed by atoms with Crippen molar-refractivity contribution in [1.29, 1.82) is 0 Å². The Hall–Kier alpha value is -2.09. The third kappa shape index (κ3) is 5.95. The van der Waals surface area contributed by atoms with Crippen LogP contribution in [0.3, 0.4) is 0 Å². The molecule has 156 valence electrons. The number of nitrogens with one attached hydrogen (secondary N) is 1. The van der Waals surface area contributed by atoms with Gasteiger partial charge in [0.1, 0.15) is 0 Å². The number of nitrogens with zero attached hydrogens (tertiary/aromatic N) is 1. The summed E-state index contributed by atoms with van der Waals surface area (Å²) in [4.78, 5) is 17.6. The van der Waals surface area contributed by atoms with Gasteiger partial charge in [0.25, 0.3) is 10.0 Å².